The van der Waals surface area contributed by atoms with Crippen LogP contribution in [0.15, 0.2) is 36.7 Å². The number of thiophene rings is 1. The van der Waals surface area contributed by atoms with Gasteiger partial charge in [0.15, 0.2) is 15.8 Å². The number of nitrogens with one attached hydrogen (secondary N) is 1. The van der Waals surface area contributed by atoms with Gasteiger partial charge in [0.1, 0.15) is 23.7 Å². The van der Waals surface area contributed by atoms with E-state index >= 15 is 0 Å². The molecule has 11 heteroatoms. The molecule has 0 atom stereocenters. The van der Waals surface area contributed by atoms with Gasteiger partial charge in [0.25, 0.3) is 0 Å². The van der Waals surface area contributed by atoms with Crippen molar-refractivity contribution in [1.82, 2.24) is 14.5 Å². The molecule has 33 heavy (non-hydrogen) atoms. The number of aromatic carboxylic acids is 1. The Morgan fingerprint density at radius 1 is 1.33 bits per heavy atom. The summed E-state index contributed by atoms with van der Waals surface area (Å²) in [5.41, 5.74) is 0.927. The Kier molecular flexibility index (Phi) is 6.66. The van der Waals surface area contributed by atoms with Crippen molar-refractivity contribution in [3.05, 3.63) is 52.5 Å². The number of fused-ring (bicyclic) bond motifs is 1. The predicted octanol–water partition coefficient (Wildman–Crippen LogP) is 5.17. The highest BCUT2D eigenvalue weighted by Crippen LogP contribution is 2.38. The quantitative estimate of drug-likeness (QED) is 0.334. The molecule has 0 aliphatic heterocycles. The second-order valence-electron chi connectivity index (χ2n) is 6.87. The fraction of sp³-hybridized carbons (Fsp3) is 0.227. The topological polar surface area (TPSA) is 98.5 Å². The van der Waals surface area contributed by atoms with Crippen LogP contribution in [0, 0.1) is 5.82 Å². The molecule has 4 rings (SSSR count). The maximum Gasteiger partial charge on any atom is 0.349 e. The molecule has 0 fully saturated rings. The number of nitrogens with zero attached hydrogens (tertiary/aromatic N) is 3. The van der Waals surface area contributed by atoms with Crippen LogP contribution in [0.2, 0.25) is 5.15 Å². The molecule has 0 amide bonds. The average Bonchev–Trinajstić information content (AvgIpc) is 3.34. The fourth-order valence-corrected chi connectivity index (χ4v) is 4.76. The smallest absolute Gasteiger partial charge is 0.349 e. The van der Waals surface area contributed by atoms with Crippen molar-refractivity contribution in [2.75, 3.05) is 25.6 Å². The molecule has 3 aromatic heterocycles. The Balaban J connectivity index is 1.54. The lowest BCUT2D eigenvalue weighted by Crippen LogP contribution is -2.12. The van der Waals surface area contributed by atoms with Crippen LogP contribution in [0.4, 0.5) is 10.2 Å². The third-order valence-corrected chi connectivity index (χ3v) is 6.39. The van der Waals surface area contributed by atoms with Gasteiger partial charge in [0, 0.05) is 30.6 Å². The molecule has 0 radical (unpaired) electrons. The third-order valence-electron chi connectivity index (χ3n) is 4.88. The summed E-state index contributed by atoms with van der Waals surface area (Å²) in [6.07, 6.45) is 1.39. The van der Waals surface area contributed by atoms with Gasteiger partial charge in [0.05, 0.1) is 29.8 Å². The van der Waals surface area contributed by atoms with Crippen molar-refractivity contribution < 1.29 is 23.8 Å². The summed E-state index contributed by atoms with van der Waals surface area (Å²) in [5.74, 6) is -0.182. The van der Waals surface area contributed by atoms with Crippen molar-refractivity contribution in [2.45, 2.75) is 13.5 Å². The summed E-state index contributed by atoms with van der Waals surface area (Å²) in [5, 5.41) is 13.5. The van der Waals surface area contributed by atoms with Crippen molar-refractivity contribution in [3.8, 4) is 22.1 Å². The van der Waals surface area contributed by atoms with E-state index in [2.05, 4.69) is 15.3 Å². The highest BCUT2D eigenvalue weighted by molar-refractivity contribution is 7.17. The van der Waals surface area contributed by atoms with E-state index in [1.165, 1.54) is 19.5 Å². The van der Waals surface area contributed by atoms with E-state index in [0.29, 0.717) is 63.6 Å². The number of anilines is 1. The van der Waals surface area contributed by atoms with Gasteiger partial charge in [-0.25, -0.2) is 19.2 Å². The van der Waals surface area contributed by atoms with Gasteiger partial charge in [-0.3, -0.25) is 0 Å². The average molecular weight is 491 g/mol. The normalized spacial score (nSPS) is 11.0. The number of benzene rings is 1. The van der Waals surface area contributed by atoms with Gasteiger partial charge in [-0.1, -0.05) is 17.7 Å². The van der Waals surface area contributed by atoms with Crippen molar-refractivity contribution >= 4 is 45.6 Å². The molecule has 0 bridgehead atoms. The summed E-state index contributed by atoms with van der Waals surface area (Å²) in [6.45, 7) is 2.90. The van der Waals surface area contributed by atoms with Crippen LogP contribution >= 0.6 is 22.9 Å². The molecule has 0 aliphatic rings. The number of hydrogen-bond donors (Lipinski definition) is 2. The molecule has 0 saturated heterocycles. The van der Waals surface area contributed by atoms with Crippen LogP contribution in [0.3, 0.4) is 0 Å². The molecular formula is C22H20ClFN4O4S. The maximum absolute atomic E-state index is 14.5. The minimum Gasteiger partial charge on any atom is -0.493 e. The molecule has 3 heterocycles. The molecule has 0 spiro atoms. The van der Waals surface area contributed by atoms with E-state index in [4.69, 9.17) is 21.1 Å². The Hall–Kier alpha value is -3.37. The predicted molar refractivity (Wildman–Crippen MR) is 125 cm³/mol. The molecule has 0 saturated carbocycles. The van der Waals surface area contributed by atoms with Crippen molar-refractivity contribution in [3.63, 3.8) is 0 Å². The Labute approximate surface area is 197 Å². The first kappa shape index (κ1) is 22.8. The van der Waals surface area contributed by atoms with Gasteiger partial charge in [-0.05, 0) is 19.1 Å². The summed E-state index contributed by atoms with van der Waals surface area (Å²) >= 11 is 7.52. The summed E-state index contributed by atoms with van der Waals surface area (Å²) in [7, 11) is 1.49. The van der Waals surface area contributed by atoms with E-state index in [1.807, 2.05) is 0 Å². The first-order valence-corrected chi connectivity index (χ1v) is 11.2. The summed E-state index contributed by atoms with van der Waals surface area (Å²) in [4.78, 5) is 20.7. The van der Waals surface area contributed by atoms with Gasteiger partial charge in [-0.15, -0.1) is 11.3 Å². The number of ether oxygens (including phenoxy) is 2. The zero-order valence-electron chi connectivity index (χ0n) is 17.8. The molecule has 4 aromatic rings. The van der Waals surface area contributed by atoms with E-state index < -0.39 is 5.97 Å². The Morgan fingerprint density at radius 2 is 2.15 bits per heavy atom. The van der Waals surface area contributed by atoms with Crippen LogP contribution in [0.5, 0.6) is 11.5 Å². The van der Waals surface area contributed by atoms with E-state index in [1.54, 1.807) is 35.8 Å². The summed E-state index contributed by atoms with van der Waals surface area (Å²) < 4.78 is 26.9. The maximum atomic E-state index is 14.5. The third kappa shape index (κ3) is 4.44. The van der Waals surface area contributed by atoms with Crippen LogP contribution < -0.4 is 14.8 Å². The number of methoxy groups -OCH3 is 1. The first-order chi connectivity index (χ1) is 15.9. The molecular weight excluding hydrogens is 471 g/mol. The minimum atomic E-state index is -1.06. The first-order valence-electron chi connectivity index (χ1n) is 10.0. The molecule has 0 aliphatic carbocycles. The SMILES string of the molecule is CCOc1cc(-c2cc(NCCn3c(Cl)c(OC)c4cccc(F)c43)ncn2)sc1C(=O)O. The van der Waals surface area contributed by atoms with Gasteiger partial charge >= 0.3 is 5.97 Å². The van der Waals surface area contributed by atoms with Crippen molar-refractivity contribution in [1.29, 1.82) is 0 Å². The number of carboxylic acid groups (broad SMARTS) is 1. The zero-order chi connectivity index (χ0) is 23.5. The van der Waals surface area contributed by atoms with E-state index in [0.717, 1.165) is 11.3 Å². The number of para-hydroxylation sites is 1. The fourth-order valence-electron chi connectivity index (χ4n) is 3.51. The van der Waals surface area contributed by atoms with Gasteiger partial charge < -0.3 is 24.5 Å². The highest BCUT2D eigenvalue weighted by Gasteiger charge is 2.20. The van der Waals surface area contributed by atoms with Crippen LogP contribution in [-0.4, -0.2) is 45.9 Å². The Morgan fingerprint density at radius 3 is 2.88 bits per heavy atom. The number of carboxylic acids is 1. The molecule has 0 unspecified atom stereocenters. The lowest BCUT2D eigenvalue weighted by atomic mass is 10.2. The molecule has 172 valence electrons. The lowest BCUT2D eigenvalue weighted by molar-refractivity contribution is 0.0698. The molecule has 2 N–H and O–H groups in total. The standard InChI is InChI=1S/C22H20ClFN4O4S/c1-3-32-15-10-16(33-20(15)22(29)30)14-9-17(27-11-26-14)25-7-8-28-18-12(5-4-6-13(18)24)19(31-2)21(28)23/h4-6,9-11H,3,7-8H2,1-2H3,(H,29,30)(H,25,26,27). The number of hydrogen-bond acceptors (Lipinski definition) is 7. The number of halogens is 2. The minimum absolute atomic E-state index is 0.116. The van der Waals surface area contributed by atoms with Gasteiger partial charge in [0.2, 0.25) is 0 Å². The lowest BCUT2D eigenvalue weighted by Gasteiger charge is -2.10. The largest absolute Gasteiger partial charge is 0.493 e. The second kappa shape index (κ2) is 9.63. The second-order valence-corrected chi connectivity index (χ2v) is 8.28. The van der Waals surface area contributed by atoms with Crippen molar-refractivity contribution in [2.24, 2.45) is 0 Å². The van der Waals surface area contributed by atoms with E-state index in [9.17, 15) is 14.3 Å². The monoisotopic (exact) mass is 490 g/mol. The van der Waals surface area contributed by atoms with Crippen LogP contribution in [0.1, 0.15) is 16.6 Å². The summed E-state index contributed by atoms with van der Waals surface area (Å²) in [6, 6.07) is 8.11. The molecule has 1 aromatic carbocycles. The van der Waals surface area contributed by atoms with E-state index in [-0.39, 0.29) is 10.7 Å². The zero-order valence-corrected chi connectivity index (χ0v) is 19.3. The molecule has 8 nitrogen and oxygen atoms in total. The number of rotatable bonds is 9. The van der Waals surface area contributed by atoms with Gasteiger partial charge in [-0.2, -0.15) is 0 Å². The highest BCUT2D eigenvalue weighted by atomic mass is 35.5. The number of aromatic nitrogens is 3. The van der Waals surface area contributed by atoms with Crippen LogP contribution in [-0.2, 0) is 6.54 Å². The number of carbonyl (C=O) groups is 1. The van der Waals surface area contributed by atoms with Crippen LogP contribution in [0.25, 0.3) is 21.5 Å². The Bertz CT molecular complexity index is 1320.